The Balaban J connectivity index is 1.96. The molecule has 0 bridgehead atoms. The highest BCUT2D eigenvalue weighted by Gasteiger charge is 2.34. The van der Waals surface area contributed by atoms with Gasteiger partial charge in [0.2, 0.25) is 0 Å². The number of nitrogens with zero attached hydrogens (tertiary/aromatic N) is 2. The van der Waals surface area contributed by atoms with Crippen LogP contribution in [0.4, 0.5) is 4.39 Å². The van der Waals surface area contributed by atoms with Crippen molar-refractivity contribution in [3.8, 4) is 0 Å². The number of likely N-dealkylation sites (N-methyl/N-ethyl adjacent to an activating group) is 1. The molecule has 0 spiro atoms. The summed E-state index contributed by atoms with van der Waals surface area (Å²) in [7, 11) is -4.04. The molecule has 1 saturated heterocycles. The molecule has 26 heavy (non-hydrogen) atoms. The minimum atomic E-state index is -4.04. The topological polar surface area (TPSA) is 66.8 Å². The first-order valence-corrected chi connectivity index (χ1v) is 10.0. The zero-order valence-electron chi connectivity index (χ0n) is 13.8. The zero-order valence-corrected chi connectivity index (χ0v) is 15.4. The van der Waals surface area contributed by atoms with Crippen LogP contribution in [0.2, 0.25) is 0 Å². The van der Waals surface area contributed by atoms with Gasteiger partial charge in [-0.25, -0.2) is 4.39 Å². The van der Waals surface area contributed by atoms with E-state index < -0.39 is 15.8 Å². The van der Waals surface area contributed by atoms with Crippen LogP contribution in [0.1, 0.15) is 12.5 Å². The molecule has 2 aromatic rings. The minimum Gasteiger partial charge on any atom is -0.286 e. The van der Waals surface area contributed by atoms with Crippen molar-refractivity contribution in [3.63, 3.8) is 0 Å². The maximum atomic E-state index is 13.0. The van der Waals surface area contributed by atoms with E-state index in [4.69, 9.17) is 0 Å². The van der Waals surface area contributed by atoms with Gasteiger partial charge in [0.25, 0.3) is 15.9 Å². The highest BCUT2D eigenvalue weighted by Crippen LogP contribution is 2.33. The smallest absolute Gasteiger partial charge is 0.284 e. The molecule has 0 N–H and O–H groups in total. The molecule has 1 heterocycles. The first-order valence-electron chi connectivity index (χ1n) is 7.77. The summed E-state index contributed by atoms with van der Waals surface area (Å²) >= 11 is 1.01. The number of rotatable bonds is 4. The monoisotopic (exact) mass is 390 g/mol. The largest absolute Gasteiger partial charge is 0.286 e. The zero-order chi connectivity index (χ0) is 18.7. The molecule has 3 rings (SSSR count). The number of carbonyl (C=O) groups excluding carboxylic acids is 1. The Labute approximate surface area is 155 Å². The van der Waals surface area contributed by atoms with E-state index in [0.717, 1.165) is 41.6 Å². The number of thioether (sulfide) groups is 1. The molecule has 8 heteroatoms. The van der Waals surface area contributed by atoms with Gasteiger partial charge < -0.3 is 0 Å². The molecule has 0 atom stereocenters. The number of halogens is 1. The Bertz CT molecular complexity index is 985. The minimum absolute atomic E-state index is 0.0870. The lowest BCUT2D eigenvalue weighted by atomic mass is 10.2. The second-order valence-electron chi connectivity index (χ2n) is 5.37. The lowest BCUT2D eigenvalue weighted by Gasteiger charge is -2.11. The van der Waals surface area contributed by atoms with Crippen LogP contribution in [-0.2, 0) is 14.8 Å². The lowest BCUT2D eigenvalue weighted by Crippen LogP contribution is -2.29. The summed E-state index contributed by atoms with van der Waals surface area (Å²) in [5.74, 6) is -0.834. The van der Waals surface area contributed by atoms with Gasteiger partial charge in [0.15, 0.2) is 5.17 Å². The molecular weight excluding hydrogens is 375 g/mol. The van der Waals surface area contributed by atoms with Gasteiger partial charge in [0.1, 0.15) is 5.82 Å². The van der Waals surface area contributed by atoms with Crippen LogP contribution in [0.25, 0.3) is 6.08 Å². The van der Waals surface area contributed by atoms with Gasteiger partial charge >= 0.3 is 0 Å². The molecular formula is C18H15FN2O3S2. The van der Waals surface area contributed by atoms with E-state index >= 15 is 0 Å². The van der Waals surface area contributed by atoms with E-state index in [9.17, 15) is 17.6 Å². The van der Waals surface area contributed by atoms with Gasteiger partial charge in [-0.1, -0.05) is 30.3 Å². The molecule has 0 unspecified atom stereocenters. The van der Waals surface area contributed by atoms with Crippen molar-refractivity contribution in [1.29, 1.82) is 0 Å². The maximum absolute atomic E-state index is 13.0. The Morgan fingerprint density at radius 2 is 1.77 bits per heavy atom. The number of amides is 1. The molecule has 5 nitrogen and oxygen atoms in total. The average molecular weight is 390 g/mol. The Morgan fingerprint density at radius 3 is 2.38 bits per heavy atom. The van der Waals surface area contributed by atoms with Crippen molar-refractivity contribution in [3.05, 3.63) is 70.9 Å². The van der Waals surface area contributed by atoms with Gasteiger partial charge in [-0.05, 0) is 54.6 Å². The van der Waals surface area contributed by atoms with Crippen molar-refractivity contribution in [2.24, 2.45) is 4.40 Å². The second kappa shape index (κ2) is 7.43. The first-order chi connectivity index (χ1) is 12.4. The van der Waals surface area contributed by atoms with Crippen molar-refractivity contribution < 1.29 is 17.6 Å². The Hall–Kier alpha value is -2.45. The summed E-state index contributed by atoms with van der Waals surface area (Å²) in [5, 5.41) is 0.0870. The van der Waals surface area contributed by atoms with Crippen molar-refractivity contribution in [2.75, 3.05) is 6.54 Å². The molecule has 1 aliphatic heterocycles. The van der Waals surface area contributed by atoms with Gasteiger partial charge in [0.05, 0.1) is 9.80 Å². The average Bonchev–Trinajstić information content (AvgIpc) is 2.90. The molecule has 0 aliphatic carbocycles. The fourth-order valence-corrected chi connectivity index (χ4v) is 4.56. The predicted octanol–water partition coefficient (Wildman–Crippen LogP) is 3.51. The molecule has 1 amide bonds. The van der Waals surface area contributed by atoms with Crippen LogP contribution in [0.3, 0.4) is 0 Å². The quantitative estimate of drug-likeness (QED) is 0.750. The van der Waals surface area contributed by atoms with Crippen LogP contribution >= 0.6 is 11.8 Å². The third-order valence-electron chi connectivity index (χ3n) is 3.61. The lowest BCUT2D eigenvalue weighted by molar-refractivity contribution is -0.122. The summed E-state index contributed by atoms with van der Waals surface area (Å²) in [4.78, 5) is 14.1. The number of amidine groups is 1. The summed E-state index contributed by atoms with van der Waals surface area (Å²) in [6.07, 6.45) is 1.70. The fraction of sp³-hybridized carbons (Fsp3) is 0.111. The molecule has 134 valence electrons. The highest BCUT2D eigenvalue weighted by atomic mass is 32.2. The summed E-state index contributed by atoms with van der Waals surface area (Å²) in [5.41, 5.74) is 0.835. The number of sulfonamides is 1. The van der Waals surface area contributed by atoms with Gasteiger partial charge in [-0.3, -0.25) is 9.69 Å². The number of hydrogen-bond acceptors (Lipinski definition) is 4. The van der Waals surface area contributed by atoms with Gasteiger partial charge in [-0.2, -0.15) is 8.42 Å². The van der Waals surface area contributed by atoms with E-state index in [-0.39, 0.29) is 22.5 Å². The Morgan fingerprint density at radius 1 is 1.12 bits per heavy atom. The van der Waals surface area contributed by atoms with E-state index in [1.54, 1.807) is 13.0 Å². The second-order valence-corrected chi connectivity index (χ2v) is 7.99. The fourth-order valence-electron chi connectivity index (χ4n) is 2.32. The highest BCUT2D eigenvalue weighted by molar-refractivity contribution is 8.19. The molecule has 2 aromatic carbocycles. The standard InChI is InChI=1S/C18H15FN2O3S2/c1-2-21-17(22)16(12-13-6-4-3-5-7-13)25-18(21)20-26(23,24)15-10-8-14(19)9-11-15/h3-12H,2H2,1H3/b16-12-,20-18-. The van der Waals surface area contributed by atoms with E-state index in [1.165, 1.54) is 4.90 Å². The number of benzene rings is 2. The van der Waals surface area contributed by atoms with E-state index in [1.807, 2.05) is 30.3 Å². The van der Waals surface area contributed by atoms with Crippen LogP contribution in [0, 0.1) is 5.82 Å². The van der Waals surface area contributed by atoms with Crippen LogP contribution in [-0.4, -0.2) is 30.9 Å². The van der Waals surface area contributed by atoms with E-state index in [2.05, 4.69) is 4.40 Å². The molecule has 1 aliphatic rings. The number of carbonyl (C=O) groups is 1. The SMILES string of the molecule is CCN1C(=O)/C(=C/c2ccccc2)S/C1=N\S(=O)(=O)c1ccc(F)cc1. The summed E-state index contributed by atoms with van der Waals surface area (Å²) < 4.78 is 41.7. The van der Waals surface area contributed by atoms with Crippen LogP contribution in [0.5, 0.6) is 0 Å². The Kier molecular flexibility index (Phi) is 5.24. The predicted molar refractivity (Wildman–Crippen MR) is 100 cm³/mol. The van der Waals surface area contributed by atoms with Gasteiger partial charge in [0, 0.05) is 6.54 Å². The van der Waals surface area contributed by atoms with Crippen LogP contribution in [0.15, 0.2) is 68.8 Å². The van der Waals surface area contributed by atoms with Crippen molar-refractivity contribution in [2.45, 2.75) is 11.8 Å². The third kappa shape index (κ3) is 3.86. The molecule has 0 radical (unpaired) electrons. The first kappa shape index (κ1) is 18.3. The van der Waals surface area contributed by atoms with E-state index in [0.29, 0.717) is 4.91 Å². The number of hydrogen-bond donors (Lipinski definition) is 0. The van der Waals surface area contributed by atoms with Crippen molar-refractivity contribution >= 4 is 38.9 Å². The molecule has 1 fully saturated rings. The summed E-state index contributed by atoms with van der Waals surface area (Å²) in [6.45, 7) is 2.03. The molecule has 0 aromatic heterocycles. The summed E-state index contributed by atoms with van der Waals surface area (Å²) in [6, 6.07) is 13.7. The van der Waals surface area contributed by atoms with Gasteiger partial charge in [-0.15, -0.1) is 4.40 Å². The third-order valence-corrected chi connectivity index (χ3v) is 6.01. The normalized spacial score (nSPS) is 18.1. The van der Waals surface area contributed by atoms with Crippen LogP contribution < -0.4 is 0 Å². The molecule has 0 saturated carbocycles. The van der Waals surface area contributed by atoms with Crippen molar-refractivity contribution in [1.82, 2.24) is 4.90 Å². The maximum Gasteiger partial charge on any atom is 0.284 e.